The van der Waals surface area contributed by atoms with E-state index >= 15 is 22.8 Å². The number of fused-ring (bicyclic) bond motifs is 2. The van der Waals surface area contributed by atoms with E-state index in [9.17, 15) is 23.1 Å². The number of carbonyl (C=O) groups excluding carboxylic acids is 3. The lowest BCUT2D eigenvalue weighted by Crippen LogP contribution is -2.64. The third-order valence-corrected chi connectivity index (χ3v) is 16.8. The van der Waals surface area contributed by atoms with Crippen LogP contribution in [0.2, 0.25) is 0 Å². The molecule has 2 aliphatic carbocycles. The van der Waals surface area contributed by atoms with Gasteiger partial charge < -0.3 is 29.5 Å². The SMILES string of the molecule is CC(C)Oc1ccc(-c2cc(O[C@@H]3C[C@H]4C(=O)N[C@]5(C(=O)NS(=O)(=O)C6(C)CC6)C[C@H]5/C=C\CC[C@@H](C)C[C@@H](C)[C@H](N(C(=O)O)C5CCCOC5)C(=O)N4C3C(F)(F)F)cc(-c3cscn3)n2)cc1. The van der Waals surface area contributed by atoms with Crippen molar-refractivity contribution in [1.29, 1.82) is 0 Å². The van der Waals surface area contributed by atoms with E-state index in [1.54, 1.807) is 48.2 Å². The molecule has 21 heteroatoms. The van der Waals surface area contributed by atoms with Crippen LogP contribution in [-0.2, 0) is 29.1 Å². The first-order valence-electron chi connectivity index (χ1n) is 23.5. The van der Waals surface area contributed by atoms with Gasteiger partial charge in [-0.25, -0.2) is 23.2 Å². The predicted molar refractivity (Wildman–Crippen MR) is 249 cm³/mol. The van der Waals surface area contributed by atoms with Crippen LogP contribution in [0.3, 0.4) is 0 Å². The number of carboxylic acid groups (broad SMARTS) is 1. The number of sulfonamides is 1. The average molecular weight is 1000 g/mol. The molecule has 2 saturated heterocycles. The minimum atomic E-state index is -5.27. The van der Waals surface area contributed by atoms with Crippen LogP contribution in [0.4, 0.5) is 18.0 Å². The maximum Gasteiger partial charge on any atom is 0.412 e. The topological polar surface area (TPSA) is 207 Å². The number of hydrogen-bond acceptors (Lipinski definition) is 12. The molecular weight excluding hydrogens is 942 g/mol. The molecule has 2 unspecified atom stereocenters. The summed E-state index contributed by atoms with van der Waals surface area (Å²) in [5, 5.41) is 15.2. The summed E-state index contributed by atoms with van der Waals surface area (Å²) in [4.78, 5) is 68.6. The Morgan fingerprint density at radius 2 is 1.78 bits per heavy atom. The fourth-order valence-electron chi connectivity index (χ4n) is 10.0. The molecule has 2 aromatic heterocycles. The highest BCUT2D eigenvalue weighted by atomic mass is 32.2. The number of rotatable bonds is 11. The summed E-state index contributed by atoms with van der Waals surface area (Å²) in [6, 6.07) is 2.40. The highest BCUT2D eigenvalue weighted by Gasteiger charge is 2.66. The van der Waals surface area contributed by atoms with Gasteiger partial charge in [0.1, 0.15) is 35.2 Å². The first kappa shape index (κ1) is 50.1. The number of carbonyl (C=O) groups is 4. The molecule has 4 amide bonds. The zero-order valence-corrected chi connectivity index (χ0v) is 40.7. The average Bonchev–Trinajstić information content (AvgIpc) is 4.05. The highest BCUT2D eigenvalue weighted by Crippen LogP contribution is 2.49. The van der Waals surface area contributed by atoms with Gasteiger partial charge in [-0.1, -0.05) is 26.0 Å². The maximum atomic E-state index is 16.2. The molecule has 1 aromatic carbocycles. The van der Waals surface area contributed by atoms with Crippen LogP contribution in [0.25, 0.3) is 22.6 Å². The van der Waals surface area contributed by atoms with Crippen LogP contribution < -0.4 is 19.5 Å². The molecule has 69 heavy (non-hydrogen) atoms. The Balaban J connectivity index is 1.24. The largest absolute Gasteiger partial charge is 0.491 e. The van der Waals surface area contributed by atoms with Crippen LogP contribution >= 0.6 is 11.3 Å². The van der Waals surface area contributed by atoms with Gasteiger partial charge in [0.05, 0.1) is 46.1 Å². The number of nitrogens with one attached hydrogen (secondary N) is 2. The number of amides is 4. The molecule has 2 saturated carbocycles. The number of ether oxygens (including phenoxy) is 3. The Kier molecular flexibility index (Phi) is 14.2. The molecule has 0 spiro atoms. The molecule has 0 bridgehead atoms. The predicted octanol–water partition coefficient (Wildman–Crippen LogP) is 7.35. The van der Waals surface area contributed by atoms with Gasteiger partial charge in [-0.05, 0) is 108 Å². The van der Waals surface area contributed by atoms with Gasteiger partial charge in [0.15, 0.2) is 6.04 Å². The van der Waals surface area contributed by atoms with E-state index in [4.69, 9.17) is 19.2 Å². The van der Waals surface area contributed by atoms with Crippen molar-refractivity contribution < 1.29 is 60.1 Å². The number of alkyl halides is 3. The van der Waals surface area contributed by atoms with Gasteiger partial charge in [0.2, 0.25) is 21.8 Å². The second-order valence-electron chi connectivity index (χ2n) is 19.8. The molecule has 374 valence electrons. The first-order chi connectivity index (χ1) is 32.6. The summed E-state index contributed by atoms with van der Waals surface area (Å²) < 4.78 is 94.0. The fraction of sp³-hybridized carbons (Fsp3) is 0.583. The smallest absolute Gasteiger partial charge is 0.412 e. The number of hydrogen-bond donors (Lipinski definition) is 3. The number of nitrogens with zero attached hydrogens (tertiary/aromatic N) is 4. The van der Waals surface area contributed by atoms with Crippen molar-refractivity contribution in [2.75, 3.05) is 13.2 Å². The lowest BCUT2D eigenvalue weighted by molar-refractivity contribution is -0.200. The Bertz CT molecular complexity index is 2530. The molecule has 4 fully saturated rings. The molecule has 5 aliphatic rings. The van der Waals surface area contributed by atoms with Crippen molar-refractivity contribution in [3.05, 3.63) is 59.4 Å². The molecule has 3 aliphatic heterocycles. The summed E-state index contributed by atoms with van der Waals surface area (Å²) in [5.74, 6) is -4.72. The fourth-order valence-corrected chi connectivity index (χ4v) is 11.9. The number of aromatic nitrogens is 2. The monoisotopic (exact) mass is 1000 g/mol. The lowest BCUT2D eigenvalue weighted by atomic mass is 9.86. The van der Waals surface area contributed by atoms with Gasteiger partial charge in [-0.15, -0.1) is 11.3 Å². The van der Waals surface area contributed by atoms with Gasteiger partial charge in [-0.3, -0.25) is 24.0 Å². The number of benzene rings is 1. The summed E-state index contributed by atoms with van der Waals surface area (Å²) >= 11 is 1.28. The van der Waals surface area contributed by atoms with Crippen LogP contribution in [-0.4, -0.2) is 123 Å². The van der Waals surface area contributed by atoms with Crippen molar-refractivity contribution in [1.82, 2.24) is 29.8 Å². The van der Waals surface area contributed by atoms with Crippen molar-refractivity contribution in [3.8, 4) is 34.1 Å². The van der Waals surface area contributed by atoms with E-state index in [-0.39, 0.29) is 49.3 Å². The second kappa shape index (κ2) is 19.5. The number of halogens is 3. The van der Waals surface area contributed by atoms with Gasteiger partial charge in [0, 0.05) is 42.0 Å². The second-order valence-corrected chi connectivity index (χ2v) is 22.7. The molecule has 16 nitrogen and oxygen atoms in total. The number of thiazole rings is 1. The number of pyridine rings is 1. The van der Waals surface area contributed by atoms with Crippen LogP contribution in [0.15, 0.2) is 59.4 Å². The maximum absolute atomic E-state index is 16.2. The molecular formula is C48H59F3N6O10S2. The molecule has 9 atom stereocenters. The lowest BCUT2D eigenvalue weighted by Gasteiger charge is -2.43. The van der Waals surface area contributed by atoms with Crippen molar-refractivity contribution in [3.63, 3.8) is 0 Å². The Morgan fingerprint density at radius 3 is 2.41 bits per heavy atom. The molecule has 0 radical (unpaired) electrons. The van der Waals surface area contributed by atoms with Gasteiger partial charge in [-0.2, -0.15) is 13.2 Å². The Labute approximate surface area is 403 Å². The van der Waals surface area contributed by atoms with Crippen LogP contribution in [0, 0.1) is 17.8 Å². The van der Waals surface area contributed by atoms with E-state index in [0.29, 0.717) is 66.3 Å². The summed E-state index contributed by atoms with van der Waals surface area (Å²) in [6.07, 6.45) is -3.60. The van der Waals surface area contributed by atoms with Crippen LogP contribution in [0.5, 0.6) is 11.5 Å². The summed E-state index contributed by atoms with van der Waals surface area (Å²) in [7, 11) is -4.22. The minimum absolute atomic E-state index is 0.0654. The minimum Gasteiger partial charge on any atom is -0.491 e. The van der Waals surface area contributed by atoms with E-state index in [0.717, 1.165) is 4.90 Å². The summed E-state index contributed by atoms with van der Waals surface area (Å²) in [5.41, 5.74) is 1.23. The number of allylic oxidation sites excluding steroid dienone is 1. The summed E-state index contributed by atoms with van der Waals surface area (Å²) in [6.45, 7) is 9.02. The van der Waals surface area contributed by atoms with Gasteiger partial charge in [0.25, 0.3) is 5.91 Å². The normalized spacial score (nSPS) is 29.9. The van der Waals surface area contributed by atoms with E-state index in [1.807, 2.05) is 26.8 Å². The molecule has 8 rings (SSSR count). The molecule has 3 N–H and O–H groups in total. The quantitative estimate of drug-likeness (QED) is 0.161. The van der Waals surface area contributed by atoms with Crippen molar-refractivity contribution in [2.24, 2.45) is 17.8 Å². The van der Waals surface area contributed by atoms with E-state index in [1.165, 1.54) is 30.4 Å². The zero-order chi connectivity index (χ0) is 49.6. The van der Waals surface area contributed by atoms with E-state index < -0.39 is 98.8 Å². The molecule has 3 aromatic rings. The van der Waals surface area contributed by atoms with E-state index in [2.05, 4.69) is 15.0 Å². The Morgan fingerprint density at radius 1 is 1.06 bits per heavy atom. The zero-order valence-electron chi connectivity index (χ0n) is 39.1. The molecule has 5 heterocycles. The van der Waals surface area contributed by atoms with Crippen molar-refractivity contribution >= 4 is 45.2 Å². The third kappa shape index (κ3) is 10.6. The Hall–Kier alpha value is -5.28. The van der Waals surface area contributed by atoms with Crippen LogP contribution in [0.1, 0.15) is 92.4 Å². The van der Waals surface area contributed by atoms with Gasteiger partial charge >= 0.3 is 12.3 Å². The first-order valence-corrected chi connectivity index (χ1v) is 25.9. The third-order valence-electron chi connectivity index (χ3n) is 14.0. The highest BCUT2D eigenvalue weighted by molar-refractivity contribution is 7.91. The standard InChI is InChI=1S/C48H59F3N6O10S2/c1-27(2)66-33-14-12-30(13-15-33)35-20-34(21-36(53-35)37-25-68-26-52-37)67-39-22-38-42(58)54-47(44(60)55-69(63,64)46(5)16-17-46)23-31(47)10-7-6-9-28(3)19-29(4)40(43(59)57(38)41(39)48(49,50)51)56(45(61)62)32-11-8-18-65-24-32/h7,10,12-15,20-21,25-29,31-32,38-41H,6,8-9,11,16-19,22-24H2,1-5H3,(H,54,58)(H,55,60)(H,61,62)/b10-7-/t28-,29-,31-,32?,38+,39-,40+,41?,47-/m1/s1. The van der Waals surface area contributed by atoms with Crippen molar-refractivity contribution in [2.45, 2.75) is 145 Å².